The van der Waals surface area contributed by atoms with Gasteiger partial charge < -0.3 is 20.3 Å². The topological polar surface area (TPSA) is 87.7 Å². The first-order valence-electron chi connectivity index (χ1n) is 14.0. The molecular weight excluding hydrogens is 498 g/mol. The molecule has 7 nitrogen and oxygen atoms in total. The van der Waals surface area contributed by atoms with E-state index in [-0.39, 0.29) is 23.6 Å². The monoisotopic (exact) mass is 549 g/mol. The predicted molar refractivity (Wildman–Crippen MR) is 159 cm³/mol. The Labute approximate surface area is 236 Å². The third-order valence-corrected chi connectivity index (χ3v) is 6.76. The van der Waals surface area contributed by atoms with Crippen LogP contribution < -0.4 is 10.6 Å². The van der Waals surface area contributed by atoms with E-state index in [0.717, 1.165) is 48.8 Å². The fourth-order valence-corrected chi connectivity index (χ4v) is 4.53. The van der Waals surface area contributed by atoms with Crippen LogP contribution in [0.1, 0.15) is 103 Å². The van der Waals surface area contributed by atoms with Crippen LogP contribution in [0.4, 0.5) is 4.79 Å². The zero-order valence-electron chi connectivity index (χ0n) is 25.0. The number of carbonyl (C=O) groups is 3. The van der Waals surface area contributed by atoms with Gasteiger partial charge in [-0.15, -0.1) is 0 Å². The molecule has 3 atom stereocenters. The van der Waals surface area contributed by atoms with Crippen LogP contribution in [0.25, 0.3) is 0 Å². The molecule has 0 aromatic heterocycles. The number of rotatable bonds is 14. The van der Waals surface area contributed by atoms with E-state index in [1.807, 2.05) is 39.0 Å². The highest BCUT2D eigenvalue weighted by Gasteiger charge is 2.39. The number of nitrogens with one attached hydrogen (secondary N) is 2. The van der Waals surface area contributed by atoms with Gasteiger partial charge in [0.2, 0.25) is 11.8 Å². The maximum atomic E-state index is 14.2. The molecule has 0 fully saturated rings. The minimum Gasteiger partial charge on any atom is -0.444 e. The van der Waals surface area contributed by atoms with Crippen LogP contribution in [0, 0.1) is 19.8 Å². The summed E-state index contributed by atoms with van der Waals surface area (Å²) >= 11 is 4.39. The molecule has 0 saturated carbocycles. The summed E-state index contributed by atoms with van der Waals surface area (Å²) in [6.45, 7) is 18.2. The minimum absolute atomic E-state index is 0.0725. The molecule has 38 heavy (non-hydrogen) atoms. The van der Waals surface area contributed by atoms with Crippen LogP contribution in [0.2, 0.25) is 0 Å². The lowest BCUT2D eigenvalue weighted by Crippen LogP contribution is -2.56. The number of thiol groups is 1. The summed E-state index contributed by atoms with van der Waals surface area (Å²) in [5.41, 5.74) is 2.02. The van der Waals surface area contributed by atoms with Gasteiger partial charge in [-0.25, -0.2) is 4.79 Å². The number of alkyl carbamates (subject to hydrolysis) is 1. The minimum atomic E-state index is -0.949. The van der Waals surface area contributed by atoms with Crippen LogP contribution in [0.15, 0.2) is 18.2 Å². The average Bonchev–Trinajstić information content (AvgIpc) is 2.82. The number of aryl methyl sites for hydroxylation is 2. The van der Waals surface area contributed by atoms with E-state index >= 15 is 0 Å². The molecule has 1 aromatic carbocycles. The van der Waals surface area contributed by atoms with E-state index in [1.54, 1.807) is 25.7 Å². The standard InChI is InChI=1S/C30H51N3O4S/c1-10-11-12-17-31-27(34)26(24-18-21(4)14-15-22(24)5)33(23(6)16-13-20(2)3)28(35)25(19-38)32-29(36)37-30(7,8)9/h14-15,18,20,23,25-26,38H,10-13,16-17,19H2,1-9H3,(H,31,34)(H,32,36). The maximum absolute atomic E-state index is 14.2. The second kappa shape index (κ2) is 16.0. The summed E-state index contributed by atoms with van der Waals surface area (Å²) in [7, 11) is 0. The van der Waals surface area contributed by atoms with Crippen LogP contribution in [-0.4, -0.2) is 52.8 Å². The Bertz CT molecular complexity index is 913. The first kappa shape index (κ1) is 33.8. The Kier molecular flexibility index (Phi) is 14.2. The summed E-state index contributed by atoms with van der Waals surface area (Å²) in [5.74, 6) is -0.0493. The van der Waals surface area contributed by atoms with Crippen LogP contribution in [0.3, 0.4) is 0 Å². The number of hydrogen-bond donors (Lipinski definition) is 3. The highest BCUT2D eigenvalue weighted by Crippen LogP contribution is 2.30. The smallest absolute Gasteiger partial charge is 0.408 e. The van der Waals surface area contributed by atoms with Crippen LogP contribution in [0.5, 0.6) is 0 Å². The van der Waals surface area contributed by atoms with Crippen LogP contribution in [-0.2, 0) is 14.3 Å². The van der Waals surface area contributed by atoms with E-state index < -0.39 is 23.8 Å². The lowest BCUT2D eigenvalue weighted by molar-refractivity contribution is -0.144. The molecule has 8 heteroatoms. The number of unbranched alkanes of at least 4 members (excludes halogenated alkanes) is 2. The lowest BCUT2D eigenvalue weighted by atomic mass is 9.93. The van der Waals surface area contributed by atoms with Crippen molar-refractivity contribution in [2.45, 2.75) is 118 Å². The molecule has 0 aliphatic carbocycles. The molecule has 216 valence electrons. The van der Waals surface area contributed by atoms with E-state index in [4.69, 9.17) is 4.74 Å². The third kappa shape index (κ3) is 11.3. The molecular formula is C30H51N3O4S. The van der Waals surface area contributed by atoms with Crippen molar-refractivity contribution in [3.8, 4) is 0 Å². The molecule has 3 unspecified atom stereocenters. The van der Waals surface area contributed by atoms with Gasteiger partial charge in [-0.1, -0.05) is 57.4 Å². The number of carbonyl (C=O) groups excluding carboxylic acids is 3. The molecule has 0 aliphatic rings. The maximum Gasteiger partial charge on any atom is 0.408 e. The Morgan fingerprint density at radius 1 is 1.05 bits per heavy atom. The predicted octanol–water partition coefficient (Wildman–Crippen LogP) is 6.13. The van der Waals surface area contributed by atoms with Gasteiger partial charge >= 0.3 is 6.09 Å². The van der Waals surface area contributed by atoms with Crippen molar-refractivity contribution in [3.63, 3.8) is 0 Å². The zero-order valence-corrected chi connectivity index (χ0v) is 25.9. The average molecular weight is 550 g/mol. The van der Waals surface area contributed by atoms with Crippen molar-refractivity contribution < 1.29 is 19.1 Å². The van der Waals surface area contributed by atoms with E-state index in [1.165, 1.54) is 0 Å². The Balaban J connectivity index is 3.54. The van der Waals surface area contributed by atoms with Crippen LogP contribution >= 0.6 is 12.6 Å². The Hall–Kier alpha value is -2.22. The number of amides is 3. The summed E-state index contributed by atoms with van der Waals surface area (Å²) < 4.78 is 5.41. The molecule has 0 radical (unpaired) electrons. The summed E-state index contributed by atoms with van der Waals surface area (Å²) in [5, 5.41) is 5.78. The third-order valence-electron chi connectivity index (χ3n) is 6.40. The van der Waals surface area contributed by atoms with Gasteiger partial charge in [0.25, 0.3) is 0 Å². The van der Waals surface area contributed by atoms with Crippen molar-refractivity contribution in [3.05, 3.63) is 34.9 Å². The first-order chi connectivity index (χ1) is 17.7. The van der Waals surface area contributed by atoms with Gasteiger partial charge in [-0.3, -0.25) is 9.59 Å². The molecule has 3 amide bonds. The van der Waals surface area contributed by atoms with Crippen molar-refractivity contribution in [1.29, 1.82) is 0 Å². The highest BCUT2D eigenvalue weighted by molar-refractivity contribution is 7.80. The van der Waals surface area contributed by atoms with Gasteiger partial charge in [0.15, 0.2) is 0 Å². The number of hydrogen-bond acceptors (Lipinski definition) is 5. The quantitative estimate of drug-likeness (QED) is 0.193. The number of benzene rings is 1. The van der Waals surface area contributed by atoms with Crippen molar-refractivity contribution in [1.82, 2.24) is 15.5 Å². The fraction of sp³-hybridized carbons (Fsp3) is 0.700. The van der Waals surface area contributed by atoms with Gasteiger partial charge in [0, 0.05) is 18.3 Å². The van der Waals surface area contributed by atoms with E-state index in [9.17, 15) is 14.4 Å². The Morgan fingerprint density at radius 2 is 1.71 bits per heavy atom. The molecule has 0 bridgehead atoms. The molecule has 1 rings (SSSR count). The van der Waals surface area contributed by atoms with Crippen molar-refractivity contribution in [2.75, 3.05) is 12.3 Å². The van der Waals surface area contributed by atoms with Gasteiger partial charge in [-0.05, 0) is 77.8 Å². The van der Waals surface area contributed by atoms with Gasteiger partial charge in [-0.2, -0.15) is 12.6 Å². The molecule has 0 spiro atoms. The van der Waals surface area contributed by atoms with E-state index in [0.29, 0.717) is 12.5 Å². The highest BCUT2D eigenvalue weighted by atomic mass is 32.1. The number of ether oxygens (including phenoxy) is 1. The second-order valence-corrected chi connectivity index (χ2v) is 12.1. The van der Waals surface area contributed by atoms with Crippen molar-refractivity contribution in [2.24, 2.45) is 5.92 Å². The van der Waals surface area contributed by atoms with Gasteiger partial charge in [0.05, 0.1) is 0 Å². The largest absolute Gasteiger partial charge is 0.444 e. The fourth-order valence-electron chi connectivity index (χ4n) is 4.28. The summed E-state index contributed by atoms with van der Waals surface area (Å²) in [4.78, 5) is 42.3. The van der Waals surface area contributed by atoms with Gasteiger partial charge in [0.1, 0.15) is 17.7 Å². The molecule has 0 saturated heterocycles. The molecule has 2 N–H and O–H groups in total. The Morgan fingerprint density at radius 3 is 2.26 bits per heavy atom. The van der Waals surface area contributed by atoms with Crippen molar-refractivity contribution >= 4 is 30.5 Å². The summed E-state index contributed by atoms with van der Waals surface area (Å²) in [6.07, 6.45) is 3.87. The lowest BCUT2D eigenvalue weighted by Gasteiger charge is -2.39. The molecule has 0 aliphatic heterocycles. The molecule has 0 heterocycles. The SMILES string of the molecule is CCCCCNC(=O)C(c1cc(C)ccc1C)N(C(=O)C(CS)NC(=O)OC(C)(C)C)C(C)CCC(C)C. The zero-order chi connectivity index (χ0) is 29.0. The molecule has 1 aromatic rings. The number of nitrogens with zero attached hydrogens (tertiary/aromatic N) is 1. The first-order valence-corrected chi connectivity index (χ1v) is 14.6. The summed E-state index contributed by atoms with van der Waals surface area (Å²) in [6, 6.07) is 3.93. The normalized spacial score (nSPS) is 14.0. The second-order valence-electron chi connectivity index (χ2n) is 11.7. The van der Waals surface area contributed by atoms with E-state index in [2.05, 4.69) is 44.0 Å².